The van der Waals surface area contributed by atoms with Crippen LogP contribution in [0.2, 0.25) is 0 Å². The van der Waals surface area contributed by atoms with Crippen molar-refractivity contribution in [1.29, 1.82) is 0 Å². The Labute approximate surface area is 124 Å². The summed E-state index contributed by atoms with van der Waals surface area (Å²) in [6.07, 6.45) is 0. The van der Waals surface area contributed by atoms with Crippen molar-refractivity contribution in [3.05, 3.63) is 24.3 Å². The molecule has 21 heavy (non-hydrogen) atoms. The first-order valence-corrected chi connectivity index (χ1v) is 6.59. The van der Waals surface area contributed by atoms with Gasteiger partial charge in [0.1, 0.15) is 5.75 Å². The third kappa shape index (κ3) is 4.46. The predicted octanol–water partition coefficient (Wildman–Crippen LogP) is 1.85. The Balaban J connectivity index is 2.82. The normalized spacial score (nSPS) is 11.9. The van der Waals surface area contributed by atoms with Gasteiger partial charge >= 0.3 is 5.97 Å². The number of nitrogens with two attached hydrogens (primary N) is 1. The highest BCUT2D eigenvalue weighted by molar-refractivity contribution is 5.95. The third-order valence-electron chi connectivity index (χ3n) is 3.63. The van der Waals surface area contributed by atoms with E-state index in [0.29, 0.717) is 11.4 Å². The topological polar surface area (TPSA) is 102 Å². The summed E-state index contributed by atoms with van der Waals surface area (Å²) in [7, 11) is 0. The number of carboxylic acids is 1. The largest absolute Gasteiger partial charge is 0.482 e. The Hall–Kier alpha value is -2.08. The van der Waals surface area contributed by atoms with Crippen molar-refractivity contribution in [1.82, 2.24) is 0 Å². The first-order valence-electron chi connectivity index (χ1n) is 6.59. The SMILES string of the molecule is CC(C)(N)C(C)(C)C(=O)Nc1cccc(OCC(=O)O)c1. The molecule has 1 aromatic rings. The maximum Gasteiger partial charge on any atom is 0.341 e. The molecule has 0 radical (unpaired) electrons. The van der Waals surface area contributed by atoms with Gasteiger partial charge in [-0.25, -0.2) is 4.79 Å². The van der Waals surface area contributed by atoms with Crippen LogP contribution < -0.4 is 15.8 Å². The van der Waals surface area contributed by atoms with E-state index in [0.717, 1.165) is 0 Å². The van der Waals surface area contributed by atoms with E-state index >= 15 is 0 Å². The number of carboxylic acid groups (broad SMARTS) is 1. The van der Waals surface area contributed by atoms with Gasteiger partial charge in [-0.2, -0.15) is 0 Å². The quantitative estimate of drug-likeness (QED) is 0.743. The molecule has 0 saturated heterocycles. The summed E-state index contributed by atoms with van der Waals surface area (Å²) in [4.78, 5) is 22.8. The number of amides is 1. The fraction of sp³-hybridized carbons (Fsp3) is 0.467. The molecule has 0 saturated carbocycles. The minimum Gasteiger partial charge on any atom is -0.482 e. The van der Waals surface area contributed by atoms with E-state index in [1.807, 2.05) is 0 Å². The van der Waals surface area contributed by atoms with Gasteiger partial charge in [-0.15, -0.1) is 0 Å². The number of benzene rings is 1. The maximum absolute atomic E-state index is 12.3. The van der Waals surface area contributed by atoms with Gasteiger partial charge in [-0.3, -0.25) is 4.79 Å². The summed E-state index contributed by atoms with van der Waals surface area (Å²) in [5, 5.41) is 11.3. The Kier molecular flexibility index (Phi) is 4.96. The van der Waals surface area contributed by atoms with Crippen LogP contribution in [0.3, 0.4) is 0 Å². The molecule has 0 atom stereocenters. The van der Waals surface area contributed by atoms with Gasteiger partial charge in [0.05, 0.1) is 5.41 Å². The van der Waals surface area contributed by atoms with Crippen LogP contribution in [0.25, 0.3) is 0 Å². The molecule has 0 unspecified atom stereocenters. The van der Waals surface area contributed by atoms with Crippen molar-refractivity contribution in [2.75, 3.05) is 11.9 Å². The summed E-state index contributed by atoms with van der Waals surface area (Å²) < 4.78 is 5.07. The monoisotopic (exact) mass is 294 g/mol. The van der Waals surface area contributed by atoms with Gasteiger partial charge < -0.3 is 20.9 Å². The molecule has 0 aliphatic rings. The lowest BCUT2D eigenvalue weighted by atomic mass is 9.74. The molecule has 0 heterocycles. The van der Waals surface area contributed by atoms with Crippen LogP contribution in [0.1, 0.15) is 27.7 Å². The lowest BCUT2D eigenvalue weighted by Gasteiger charge is -2.36. The number of aliphatic carboxylic acids is 1. The van der Waals surface area contributed by atoms with E-state index in [2.05, 4.69) is 5.32 Å². The average molecular weight is 294 g/mol. The number of carbonyl (C=O) groups is 2. The molecule has 116 valence electrons. The first-order chi connectivity index (χ1) is 9.54. The highest BCUT2D eigenvalue weighted by atomic mass is 16.5. The zero-order chi connectivity index (χ0) is 16.3. The van der Waals surface area contributed by atoms with E-state index < -0.39 is 23.5 Å². The Morgan fingerprint density at radius 1 is 1.29 bits per heavy atom. The van der Waals surface area contributed by atoms with Gasteiger partial charge in [0.25, 0.3) is 0 Å². The smallest absolute Gasteiger partial charge is 0.341 e. The third-order valence-corrected chi connectivity index (χ3v) is 3.63. The number of hydrogen-bond acceptors (Lipinski definition) is 4. The highest BCUT2D eigenvalue weighted by Crippen LogP contribution is 2.30. The summed E-state index contributed by atoms with van der Waals surface area (Å²) in [6.45, 7) is 6.69. The highest BCUT2D eigenvalue weighted by Gasteiger charge is 2.40. The predicted molar refractivity (Wildman–Crippen MR) is 80.2 cm³/mol. The van der Waals surface area contributed by atoms with E-state index in [1.54, 1.807) is 52.0 Å². The molecule has 1 rings (SSSR count). The number of anilines is 1. The number of nitrogens with one attached hydrogen (secondary N) is 1. The second kappa shape index (κ2) is 6.13. The summed E-state index contributed by atoms with van der Waals surface area (Å²) in [5.74, 6) is -0.902. The molecule has 1 aromatic carbocycles. The molecular weight excluding hydrogens is 272 g/mol. The van der Waals surface area contributed by atoms with Crippen molar-refractivity contribution in [3.63, 3.8) is 0 Å². The average Bonchev–Trinajstić information content (AvgIpc) is 2.35. The zero-order valence-corrected chi connectivity index (χ0v) is 12.8. The maximum atomic E-state index is 12.3. The summed E-state index contributed by atoms with van der Waals surface area (Å²) >= 11 is 0. The summed E-state index contributed by atoms with van der Waals surface area (Å²) in [6, 6.07) is 6.57. The van der Waals surface area contributed by atoms with Crippen LogP contribution in [-0.2, 0) is 9.59 Å². The molecule has 6 heteroatoms. The lowest BCUT2D eigenvalue weighted by Crippen LogP contribution is -2.53. The van der Waals surface area contributed by atoms with E-state index in [-0.39, 0.29) is 5.91 Å². The van der Waals surface area contributed by atoms with Crippen molar-refractivity contribution in [2.24, 2.45) is 11.1 Å². The second-order valence-corrected chi connectivity index (χ2v) is 6.01. The van der Waals surface area contributed by atoms with Crippen molar-refractivity contribution in [3.8, 4) is 5.75 Å². The Bertz CT molecular complexity index is 533. The molecule has 0 aromatic heterocycles. The molecular formula is C15H22N2O4. The second-order valence-electron chi connectivity index (χ2n) is 6.01. The van der Waals surface area contributed by atoms with Gasteiger partial charge in [-0.05, 0) is 39.8 Å². The first kappa shape index (κ1) is 17.0. The fourth-order valence-electron chi connectivity index (χ4n) is 1.39. The lowest BCUT2D eigenvalue weighted by molar-refractivity contribution is -0.139. The van der Waals surface area contributed by atoms with Gasteiger partial charge in [-0.1, -0.05) is 6.07 Å². The van der Waals surface area contributed by atoms with E-state index in [1.165, 1.54) is 0 Å². The van der Waals surface area contributed by atoms with Crippen LogP contribution in [-0.4, -0.2) is 29.1 Å². The van der Waals surface area contributed by atoms with Crippen molar-refractivity contribution in [2.45, 2.75) is 33.2 Å². The molecule has 0 fully saturated rings. The van der Waals surface area contributed by atoms with Gasteiger partial charge in [0.15, 0.2) is 6.61 Å². The molecule has 1 amide bonds. The van der Waals surface area contributed by atoms with Crippen LogP contribution in [0.4, 0.5) is 5.69 Å². The molecule has 0 aliphatic carbocycles. The Morgan fingerprint density at radius 2 is 1.90 bits per heavy atom. The van der Waals surface area contributed by atoms with Crippen LogP contribution >= 0.6 is 0 Å². The minimum atomic E-state index is -1.06. The fourth-order valence-corrected chi connectivity index (χ4v) is 1.39. The molecule has 0 spiro atoms. The van der Waals surface area contributed by atoms with Crippen molar-refractivity contribution < 1.29 is 19.4 Å². The molecule has 0 aliphatic heterocycles. The summed E-state index contributed by atoms with van der Waals surface area (Å²) in [5.41, 5.74) is 5.10. The standard InChI is InChI=1S/C15H22N2O4/c1-14(2,15(3,4)16)13(20)17-10-6-5-7-11(8-10)21-9-12(18)19/h5-8H,9,16H2,1-4H3,(H,17,20)(H,18,19). The number of ether oxygens (including phenoxy) is 1. The number of carbonyl (C=O) groups excluding carboxylic acids is 1. The minimum absolute atomic E-state index is 0.217. The van der Waals surface area contributed by atoms with E-state index in [9.17, 15) is 9.59 Å². The van der Waals surface area contributed by atoms with Crippen LogP contribution in [0, 0.1) is 5.41 Å². The Morgan fingerprint density at radius 3 is 2.43 bits per heavy atom. The van der Waals surface area contributed by atoms with E-state index in [4.69, 9.17) is 15.6 Å². The molecule has 6 nitrogen and oxygen atoms in total. The van der Waals surface area contributed by atoms with Crippen molar-refractivity contribution >= 4 is 17.6 Å². The van der Waals surface area contributed by atoms with Crippen LogP contribution in [0.5, 0.6) is 5.75 Å². The number of hydrogen-bond donors (Lipinski definition) is 3. The zero-order valence-electron chi connectivity index (χ0n) is 12.8. The molecule has 0 bridgehead atoms. The number of rotatable bonds is 6. The van der Waals surface area contributed by atoms with Gasteiger partial charge in [0, 0.05) is 17.3 Å². The van der Waals surface area contributed by atoms with Gasteiger partial charge in [0.2, 0.25) is 5.91 Å². The molecule has 4 N–H and O–H groups in total. The van der Waals surface area contributed by atoms with Crippen LogP contribution in [0.15, 0.2) is 24.3 Å².